The molecule has 114 valence electrons. The van der Waals surface area contributed by atoms with Crippen molar-refractivity contribution in [2.75, 3.05) is 53.0 Å². The lowest BCUT2D eigenvalue weighted by molar-refractivity contribution is -0.131. The molecule has 0 unspecified atom stereocenters. The molecule has 0 saturated carbocycles. The highest BCUT2D eigenvalue weighted by molar-refractivity contribution is 7.86. The molecule has 10 heteroatoms. The molecule has 1 saturated heterocycles. The molecule has 3 N–H and O–H groups in total. The Labute approximate surface area is 119 Å². The van der Waals surface area contributed by atoms with Gasteiger partial charge >= 0.3 is 0 Å². The van der Waals surface area contributed by atoms with E-state index in [2.05, 4.69) is 5.32 Å². The number of nitrogens with zero attached hydrogens (tertiary/aromatic N) is 2. The zero-order chi connectivity index (χ0) is 13.6. The quantitative estimate of drug-likeness (QED) is 0.551. The molecule has 1 aliphatic heterocycles. The third-order valence-corrected chi connectivity index (χ3v) is 3.80. The van der Waals surface area contributed by atoms with Crippen molar-refractivity contribution >= 4 is 28.5 Å². The minimum atomic E-state index is -3.64. The van der Waals surface area contributed by atoms with Gasteiger partial charge in [-0.1, -0.05) is 0 Å². The number of hydrogen-bond acceptors (Lipinski definition) is 5. The maximum absolute atomic E-state index is 11.7. The van der Waals surface area contributed by atoms with Crippen LogP contribution < -0.4 is 10.5 Å². The van der Waals surface area contributed by atoms with Gasteiger partial charge in [0.05, 0.1) is 13.2 Å². The second-order valence-electron chi connectivity index (χ2n) is 3.99. The molecule has 19 heavy (non-hydrogen) atoms. The lowest BCUT2D eigenvalue weighted by Gasteiger charge is -2.33. The van der Waals surface area contributed by atoms with Crippen LogP contribution in [-0.2, 0) is 19.7 Å². The zero-order valence-electron chi connectivity index (χ0n) is 10.9. The number of nitrogens with two attached hydrogens (primary N) is 1. The number of hydrogen-bond donors (Lipinski definition) is 2. The zero-order valence-corrected chi connectivity index (χ0v) is 12.5. The Balaban J connectivity index is 0.00000324. The van der Waals surface area contributed by atoms with Gasteiger partial charge in [0.2, 0.25) is 5.91 Å². The molecule has 0 aliphatic carbocycles. The summed E-state index contributed by atoms with van der Waals surface area (Å²) < 4.78 is 28.2. The van der Waals surface area contributed by atoms with E-state index in [0.717, 1.165) is 0 Å². The Morgan fingerprint density at radius 1 is 1.32 bits per heavy atom. The Morgan fingerprint density at radius 3 is 2.37 bits per heavy atom. The normalized spacial score (nSPS) is 17.1. The van der Waals surface area contributed by atoms with E-state index in [1.807, 2.05) is 0 Å². The van der Waals surface area contributed by atoms with Crippen molar-refractivity contribution in [2.24, 2.45) is 5.14 Å². The summed E-state index contributed by atoms with van der Waals surface area (Å²) in [5, 5.41) is 7.97. The third-order valence-electron chi connectivity index (χ3n) is 2.71. The van der Waals surface area contributed by atoms with Crippen LogP contribution in [0.25, 0.3) is 0 Å². The summed E-state index contributed by atoms with van der Waals surface area (Å²) in [6.07, 6.45) is 0. The molecule has 1 rings (SSSR count). The highest BCUT2D eigenvalue weighted by Gasteiger charge is 2.25. The van der Waals surface area contributed by atoms with Gasteiger partial charge in [-0.05, 0) is 0 Å². The smallest absolute Gasteiger partial charge is 0.277 e. The van der Waals surface area contributed by atoms with E-state index < -0.39 is 10.2 Å². The summed E-state index contributed by atoms with van der Waals surface area (Å²) >= 11 is 0. The van der Waals surface area contributed by atoms with E-state index in [9.17, 15) is 13.2 Å². The topological polar surface area (TPSA) is 105 Å². The fourth-order valence-electron chi connectivity index (χ4n) is 1.67. The molecule has 1 amide bonds. The van der Waals surface area contributed by atoms with E-state index in [1.54, 1.807) is 12.0 Å². The minimum absolute atomic E-state index is 0. The summed E-state index contributed by atoms with van der Waals surface area (Å²) in [5.74, 6) is -0.0415. The fraction of sp³-hybridized carbons (Fsp3) is 0.889. The first-order valence-corrected chi connectivity index (χ1v) is 7.21. The van der Waals surface area contributed by atoms with E-state index >= 15 is 0 Å². The van der Waals surface area contributed by atoms with Crippen LogP contribution in [0.15, 0.2) is 0 Å². The predicted octanol–water partition coefficient (Wildman–Crippen LogP) is -2.01. The van der Waals surface area contributed by atoms with Gasteiger partial charge in [0, 0.05) is 39.8 Å². The van der Waals surface area contributed by atoms with Crippen molar-refractivity contribution in [3.05, 3.63) is 0 Å². The van der Waals surface area contributed by atoms with Crippen molar-refractivity contribution < 1.29 is 17.9 Å². The minimum Gasteiger partial charge on any atom is -0.383 e. The van der Waals surface area contributed by atoms with Gasteiger partial charge in [0.1, 0.15) is 0 Å². The van der Waals surface area contributed by atoms with E-state index in [4.69, 9.17) is 9.88 Å². The van der Waals surface area contributed by atoms with Crippen LogP contribution in [0.4, 0.5) is 0 Å². The van der Waals surface area contributed by atoms with E-state index in [1.165, 1.54) is 4.31 Å². The van der Waals surface area contributed by atoms with Gasteiger partial charge in [-0.25, -0.2) is 5.14 Å². The second kappa shape index (κ2) is 8.67. The Bertz CT molecular complexity index is 370. The van der Waals surface area contributed by atoms with Crippen molar-refractivity contribution in [1.82, 2.24) is 14.5 Å². The molecular weight excluding hydrogens is 296 g/mol. The first kappa shape index (κ1) is 18.6. The number of methoxy groups -OCH3 is 1. The molecule has 1 fully saturated rings. The molecule has 0 radical (unpaired) electrons. The number of amides is 1. The van der Waals surface area contributed by atoms with Crippen molar-refractivity contribution in [3.8, 4) is 0 Å². The first-order chi connectivity index (χ1) is 8.45. The van der Waals surface area contributed by atoms with Gasteiger partial charge in [0.15, 0.2) is 0 Å². The molecule has 8 nitrogen and oxygen atoms in total. The van der Waals surface area contributed by atoms with Gasteiger partial charge in [-0.3, -0.25) is 4.79 Å². The summed E-state index contributed by atoms with van der Waals surface area (Å²) in [5.41, 5.74) is 0. The molecule has 1 aliphatic rings. The van der Waals surface area contributed by atoms with Crippen LogP contribution in [0.1, 0.15) is 0 Å². The highest BCUT2D eigenvalue weighted by Crippen LogP contribution is 2.04. The van der Waals surface area contributed by atoms with Gasteiger partial charge in [0.25, 0.3) is 10.2 Å². The Hall–Kier alpha value is -0.450. The van der Waals surface area contributed by atoms with Gasteiger partial charge in [-0.15, -0.1) is 12.4 Å². The summed E-state index contributed by atoms with van der Waals surface area (Å²) in [6.45, 7) is 2.65. The summed E-state index contributed by atoms with van der Waals surface area (Å²) in [6, 6.07) is 0. The van der Waals surface area contributed by atoms with Crippen molar-refractivity contribution in [1.29, 1.82) is 0 Å². The number of rotatable bonds is 6. The average Bonchev–Trinajstić information content (AvgIpc) is 2.33. The monoisotopic (exact) mass is 316 g/mol. The molecule has 0 aromatic carbocycles. The number of halogens is 1. The van der Waals surface area contributed by atoms with Crippen LogP contribution in [0.3, 0.4) is 0 Å². The molecule has 0 aromatic rings. The molecule has 0 aromatic heterocycles. The van der Waals surface area contributed by atoms with Crippen LogP contribution in [0.5, 0.6) is 0 Å². The maximum Gasteiger partial charge on any atom is 0.277 e. The molecule has 1 heterocycles. The third kappa shape index (κ3) is 6.50. The largest absolute Gasteiger partial charge is 0.383 e. The van der Waals surface area contributed by atoms with Gasteiger partial charge < -0.3 is 15.0 Å². The van der Waals surface area contributed by atoms with Gasteiger partial charge in [-0.2, -0.15) is 12.7 Å². The van der Waals surface area contributed by atoms with Crippen LogP contribution in [0, 0.1) is 0 Å². The Kier molecular flexibility index (Phi) is 8.46. The number of ether oxygens (including phenoxy) is 1. The van der Waals surface area contributed by atoms with Crippen LogP contribution in [-0.4, -0.2) is 76.5 Å². The molecular formula is C9H21ClN4O4S. The number of nitrogens with one attached hydrogen (secondary N) is 1. The lowest BCUT2D eigenvalue weighted by Crippen LogP contribution is -2.53. The molecule has 0 atom stereocenters. The average molecular weight is 317 g/mol. The standard InChI is InChI=1S/C9H20N4O4S.ClH/c1-17-7-2-11-8-9(14)12-3-5-13(6-4-12)18(10,15)16;/h11H,2-8H2,1H3,(H2,10,15,16);1H. The van der Waals surface area contributed by atoms with E-state index in [-0.39, 0.29) is 37.9 Å². The molecule has 0 bridgehead atoms. The number of carbonyl (C=O) groups is 1. The van der Waals surface area contributed by atoms with Crippen LogP contribution >= 0.6 is 12.4 Å². The van der Waals surface area contributed by atoms with Crippen LogP contribution in [0.2, 0.25) is 0 Å². The Morgan fingerprint density at radius 2 is 1.89 bits per heavy atom. The summed E-state index contributed by atoms with van der Waals surface area (Å²) in [7, 11) is -2.04. The van der Waals surface area contributed by atoms with Crippen molar-refractivity contribution in [3.63, 3.8) is 0 Å². The maximum atomic E-state index is 11.7. The SMILES string of the molecule is COCCNCC(=O)N1CCN(S(N)(=O)=O)CC1.Cl. The molecule has 0 spiro atoms. The van der Waals surface area contributed by atoms with E-state index in [0.29, 0.717) is 26.2 Å². The number of carbonyl (C=O) groups excluding carboxylic acids is 1. The fourth-order valence-corrected chi connectivity index (χ4v) is 2.35. The lowest BCUT2D eigenvalue weighted by atomic mass is 10.3. The predicted molar refractivity (Wildman–Crippen MR) is 73.3 cm³/mol. The van der Waals surface area contributed by atoms with Crippen molar-refractivity contribution in [2.45, 2.75) is 0 Å². The summed E-state index contributed by atoms with van der Waals surface area (Å²) in [4.78, 5) is 13.4. The highest BCUT2D eigenvalue weighted by atomic mass is 35.5. The number of piperazine rings is 1. The first-order valence-electron chi connectivity index (χ1n) is 5.70. The second-order valence-corrected chi connectivity index (χ2v) is 5.54.